The molecule has 0 spiro atoms. The average Bonchev–Trinajstić information content (AvgIpc) is 3.26. The van der Waals surface area contributed by atoms with Gasteiger partial charge in [-0.3, -0.25) is 14.3 Å². The quantitative estimate of drug-likeness (QED) is 0.307. The van der Waals surface area contributed by atoms with Gasteiger partial charge in [-0.05, 0) is 37.3 Å². The minimum Gasteiger partial charge on any atom is -0.455 e. The number of furan rings is 1. The zero-order valence-corrected chi connectivity index (χ0v) is 20.3. The maximum absolute atomic E-state index is 13.5. The molecular weight excluding hydrogens is 503 g/mol. The van der Waals surface area contributed by atoms with Gasteiger partial charge in [0.25, 0.3) is 11.5 Å². The summed E-state index contributed by atoms with van der Waals surface area (Å²) in [4.78, 5) is 40.2. The van der Waals surface area contributed by atoms with Gasteiger partial charge in [0.05, 0.1) is 35.2 Å². The number of amides is 1. The van der Waals surface area contributed by atoms with E-state index in [0.29, 0.717) is 10.9 Å². The summed E-state index contributed by atoms with van der Waals surface area (Å²) >= 11 is 0. The fourth-order valence-corrected chi connectivity index (χ4v) is 4.46. The van der Waals surface area contributed by atoms with Gasteiger partial charge >= 0.3 is 0 Å². The van der Waals surface area contributed by atoms with Gasteiger partial charge in [0.1, 0.15) is 17.2 Å². The topological polar surface area (TPSA) is 160 Å². The van der Waals surface area contributed by atoms with Gasteiger partial charge in [0, 0.05) is 29.6 Å². The zero-order chi connectivity index (χ0) is 26.3. The third-order valence-electron chi connectivity index (χ3n) is 5.66. The predicted octanol–water partition coefficient (Wildman–Crippen LogP) is 3.05. The van der Waals surface area contributed by atoms with Crippen molar-refractivity contribution >= 4 is 43.8 Å². The summed E-state index contributed by atoms with van der Waals surface area (Å²) in [6.07, 6.45) is 2.55. The summed E-state index contributed by atoms with van der Waals surface area (Å²) in [5, 5.41) is 2.91. The van der Waals surface area contributed by atoms with E-state index in [1.165, 1.54) is 62.9 Å². The molecule has 0 unspecified atom stereocenters. The van der Waals surface area contributed by atoms with Crippen LogP contribution >= 0.6 is 0 Å². The molecule has 3 heterocycles. The Bertz CT molecular complexity index is 1850. The van der Waals surface area contributed by atoms with Crippen molar-refractivity contribution in [3.8, 4) is 22.6 Å². The maximum atomic E-state index is 13.5. The van der Waals surface area contributed by atoms with Crippen LogP contribution in [0.2, 0.25) is 0 Å². The van der Waals surface area contributed by atoms with E-state index in [-0.39, 0.29) is 50.8 Å². The lowest BCUT2D eigenvalue weighted by Gasteiger charge is -2.12. The van der Waals surface area contributed by atoms with Crippen molar-refractivity contribution in [2.45, 2.75) is 6.92 Å². The van der Waals surface area contributed by atoms with Crippen LogP contribution in [0.5, 0.6) is 0 Å². The van der Waals surface area contributed by atoms with Crippen LogP contribution in [0.1, 0.15) is 17.3 Å². The minimum absolute atomic E-state index is 0.0462. The SMILES string of the molecule is CCS(=O)(=O)Nc1cc2oc(-c3ccc(F)cc3)c(C(=O)NC)c2cc1-c1cnc2nc[nH]c(=O)c2n1. The summed E-state index contributed by atoms with van der Waals surface area (Å²) in [5.41, 5.74) is 0.847. The normalized spacial score (nSPS) is 11.6. The number of fused-ring (bicyclic) bond motifs is 2. The molecule has 37 heavy (non-hydrogen) atoms. The molecule has 5 rings (SSSR count). The summed E-state index contributed by atoms with van der Waals surface area (Å²) in [6.45, 7) is 1.48. The smallest absolute Gasteiger partial charge is 0.278 e. The van der Waals surface area contributed by atoms with Crippen molar-refractivity contribution in [2.24, 2.45) is 0 Å². The Morgan fingerprint density at radius 3 is 2.62 bits per heavy atom. The second kappa shape index (κ2) is 9.09. The van der Waals surface area contributed by atoms with Gasteiger partial charge in [0.15, 0.2) is 11.2 Å². The number of nitrogens with one attached hydrogen (secondary N) is 3. The van der Waals surface area contributed by atoms with Gasteiger partial charge in [-0.15, -0.1) is 0 Å². The summed E-state index contributed by atoms with van der Waals surface area (Å²) in [6, 6.07) is 8.36. The van der Waals surface area contributed by atoms with Crippen LogP contribution in [-0.2, 0) is 10.0 Å². The number of carbonyl (C=O) groups excluding carboxylic acids is 1. The van der Waals surface area contributed by atoms with Gasteiger partial charge in [0.2, 0.25) is 10.0 Å². The molecule has 0 aliphatic carbocycles. The highest BCUT2D eigenvalue weighted by Crippen LogP contribution is 2.39. The van der Waals surface area contributed by atoms with Gasteiger partial charge in [-0.25, -0.2) is 27.8 Å². The second-order valence-electron chi connectivity index (χ2n) is 7.95. The number of H-pyrrole nitrogens is 1. The van der Waals surface area contributed by atoms with Crippen LogP contribution in [0.3, 0.4) is 0 Å². The van der Waals surface area contributed by atoms with E-state index >= 15 is 0 Å². The second-order valence-corrected chi connectivity index (χ2v) is 9.96. The van der Waals surface area contributed by atoms with Crippen LogP contribution in [-0.4, -0.2) is 47.1 Å². The van der Waals surface area contributed by atoms with Crippen molar-refractivity contribution in [1.82, 2.24) is 25.3 Å². The first-order valence-corrected chi connectivity index (χ1v) is 12.7. The molecule has 0 radical (unpaired) electrons. The van der Waals surface area contributed by atoms with E-state index in [1.54, 1.807) is 0 Å². The Hall–Kier alpha value is -4.65. The van der Waals surface area contributed by atoms with Crippen molar-refractivity contribution in [1.29, 1.82) is 0 Å². The molecule has 2 aromatic carbocycles. The first-order valence-electron chi connectivity index (χ1n) is 11.0. The highest BCUT2D eigenvalue weighted by atomic mass is 32.2. The lowest BCUT2D eigenvalue weighted by atomic mass is 10.0. The standard InChI is InChI=1S/C24H19FN6O5S/c1-3-37(34,35)31-16-9-18-15(8-14(16)17-10-27-22-20(30-17)24(33)29-11-28-22)19(23(32)26-2)21(36-18)12-4-6-13(25)7-5-12/h4-11,31H,3H2,1-2H3,(H,26,32)(H,27,28,29,33). The van der Waals surface area contributed by atoms with Gasteiger partial charge < -0.3 is 14.7 Å². The van der Waals surface area contributed by atoms with Crippen molar-refractivity contribution in [3.63, 3.8) is 0 Å². The average molecular weight is 523 g/mol. The van der Waals surface area contributed by atoms with Crippen LogP contribution in [0.15, 0.2) is 58.1 Å². The number of aromatic nitrogens is 4. The molecule has 1 amide bonds. The monoisotopic (exact) mass is 522 g/mol. The highest BCUT2D eigenvalue weighted by Gasteiger charge is 2.25. The first-order chi connectivity index (χ1) is 17.7. The van der Waals surface area contributed by atoms with Crippen LogP contribution in [0, 0.1) is 5.82 Å². The fourth-order valence-electron chi connectivity index (χ4n) is 3.81. The molecule has 0 atom stereocenters. The Morgan fingerprint density at radius 1 is 1.16 bits per heavy atom. The van der Waals surface area contributed by atoms with E-state index < -0.39 is 27.3 Å². The molecule has 13 heteroatoms. The number of anilines is 1. The number of sulfonamides is 1. The lowest BCUT2D eigenvalue weighted by molar-refractivity contribution is 0.0964. The summed E-state index contributed by atoms with van der Waals surface area (Å²) < 4.78 is 47.0. The number of carbonyl (C=O) groups is 1. The molecule has 5 aromatic rings. The van der Waals surface area contributed by atoms with Crippen molar-refractivity contribution in [2.75, 3.05) is 17.5 Å². The Labute approximate surface area is 208 Å². The number of hydrogen-bond acceptors (Lipinski definition) is 8. The lowest BCUT2D eigenvalue weighted by Crippen LogP contribution is -2.18. The molecule has 0 aliphatic heterocycles. The maximum Gasteiger partial charge on any atom is 0.278 e. The molecular formula is C24H19FN6O5S. The molecule has 0 saturated carbocycles. The highest BCUT2D eigenvalue weighted by molar-refractivity contribution is 7.92. The Kier molecular flexibility index (Phi) is 5.91. The minimum atomic E-state index is -3.74. The zero-order valence-electron chi connectivity index (χ0n) is 19.5. The third kappa shape index (κ3) is 4.40. The largest absolute Gasteiger partial charge is 0.455 e. The van der Waals surface area contributed by atoms with Crippen LogP contribution in [0.25, 0.3) is 44.7 Å². The van der Waals surface area contributed by atoms with Crippen LogP contribution in [0.4, 0.5) is 10.1 Å². The number of rotatable bonds is 6. The van der Waals surface area contributed by atoms with Crippen LogP contribution < -0.4 is 15.6 Å². The summed E-state index contributed by atoms with van der Waals surface area (Å²) in [5.74, 6) is -0.976. The number of aromatic amines is 1. The number of benzene rings is 2. The Balaban J connectivity index is 1.83. The van der Waals surface area contributed by atoms with Gasteiger partial charge in [-0.2, -0.15) is 0 Å². The first kappa shape index (κ1) is 24.1. The van der Waals surface area contributed by atoms with Crippen molar-refractivity contribution in [3.05, 3.63) is 70.7 Å². The molecule has 3 aromatic heterocycles. The number of hydrogen-bond donors (Lipinski definition) is 3. The van der Waals surface area contributed by atoms with Crippen molar-refractivity contribution < 1.29 is 22.0 Å². The van der Waals surface area contributed by atoms with E-state index in [2.05, 4.69) is 30.0 Å². The molecule has 0 saturated heterocycles. The van der Waals surface area contributed by atoms with Gasteiger partial charge in [-0.1, -0.05) is 0 Å². The third-order valence-corrected chi connectivity index (χ3v) is 6.95. The predicted molar refractivity (Wildman–Crippen MR) is 135 cm³/mol. The summed E-state index contributed by atoms with van der Waals surface area (Å²) in [7, 11) is -2.29. The van der Waals surface area contributed by atoms with E-state index in [4.69, 9.17) is 4.42 Å². The molecule has 0 bridgehead atoms. The Morgan fingerprint density at radius 2 is 1.92 bits per heavy atom. The molecule has 0 aliphatic rings. The number of nitrogens with zero attached hydrogens (tertiary/aromatic N) is 3. The number of halogens is 1. The van der Waals surface area contributed by atoms with E-state index in [9.17, 15) is 22.4 Å². The molecule has 11 nitrogen and oxygen atoms in total. The molecule has 3 N–H and O–H groups in total. The van der Waals surface area contributed by atoms with E-state index in [1.807, 2.05) is 0 Å². The molecule has 188 valence electrons. The molecule has 0 fully saturated rings. The fraction of sp³-hybridized carbons (Fsp3) is 0.125. The van der Waals surface area contributed by atoms with E-state index in [0.717, 1.165) is 0 Å².